The van der Waals surface area contributed by atoms with Gasteiger partial charge < -0.3 is 9.80 Å². The van der Waals surface area contributed by atoms with Gasteiger partial charge in [-0.15, -0.1) is 0 Å². The Balaban J connectivity index is 1.53. The molecule has 0 amide bonds. The van der Waals surface area contributed by atoms with E-state index in [1.54, 1.807) is 12.4 Å². The van der Waals surface area contributed by atoms with Crippen LogP contribution in [0.5, 0.6) is 0 Å². The Morgan fingerprint density at radius 3 is 2.28 bits per heavy atom. The zero-order valence-electron chi connectivity index (χ0n) is 14.6. The molecule has 2 aromatic rings. The Kier molecular flexibility index (Phi) is 4.07. The van der Waals surface area contributed by atoms with Crippen LogP contribution in [0.1, 0.15) is 35.1 Å². The first kappa shape index (κ1) is 15.9. The van der Waals surface area contributed by atoms with E-state index >= 15 is 0 Å². The lowest BCUT2D eigenvalue weighted by Gasteiger charge is -2.35. The summed E-state index contributed by atoms with van der Waals surface area (Å²) in [5.41, 5.74) is 2.48. The van der Waals surface area contributed by atoms with Gasteiger partial charge in [-0.25, -0.2) is 19.9 Å². The van der Waals surface area contributed by atoms with Crippen LogP contribution in [-0.4, -0.2) is 51.9 Å². The Labute approximate surface area is 147 Å². The summed E-state index contributed by atoms with van der Waals surface area (Å²) in [7, 11) is 0. The first-order valence-corrected chi connectivity index (χ1v) is 8.79. The molecular weight excluding hydrogens is 316 g/mol. The predicted molar refractivity (Wildman–Crippen MR) is 95.0 cm³/mol. The average Bonchev–Trinajstić information content (AvgIpc) is 2.61. The minimum absolute atomic E-state index is 0.184. The van der Waals surface area contributed by atoms with Crippen LogP contribution < -0.4 is 9.80 Å². The lowest BCUT2D eigenvalue weighted by molar-refractivity contribution is 0.0951. The minimum atomic E-state index is 0.184. The van der Waals surface area contributed by atoms with Crippen LogP contribution in [0.3, 0.4) is 0 Å². The predicted octanol–water partition coefficient (Wildman–Crippen LogP) is 1.67. The van der Waals surface area contributed by atoms with Crippen LogP contribution in [0.25, 0.3) is 0 Å². The van der Waals surface area contributed by atoms with Gasteiger partial charge in [0.15, 0.2) is 5.78 Å². The molecule has 2 aliphatic rings. The third-order valence-corrected chi connectivity index (χ3v) is 4.91. The Hall–Kier alpha value is -2.57. The number of rotatable bonds is 2. The maximum atomic E-state index is 12.3. The highest BCUT2D eigenvalue weighted by molar-refractivity contribution is 5.99. The molecule has 1 aliphatic carbocycles. The lowest BCUT2D eigenvalue weighted by Crippen LogP contribution is -2.48. The van der Waals surface area contributed by atoms with Crippen LogP contribution in [0.4, 0.5) is 11.9 Å². The average molecular weight is 338 g/mol. The number of carbonyl (C=O) groups excluding carboxylic acids is 1. The van der Waals surface area contributed by atoms with E-state index in [1.165, 1.54) is 0 Å². The molecule has 4 rings (SSSR count). The second-order valence-corrected chi connectivity index (χ2v) is 6.89. The molecule has 1 aliphatic heterocycles. The largest absolute Gasteiger partial charge is 0.337 e. The van der Waals surface area contributed by atoms with Gasteiger partial charge in [-0.05, 0) is 25.3 Å². The number of aromatic nitrogens is 4. The maximum Gasteiger partial charge on any atom is 0.225 e. The van der Waals surface area contributed by atoms with Crippen molar-refractivity contribution in [2.45, 2.75) is 26.7 Å². The molecule has 0 bridgehead atoms. The number of aryl methyl sites for hydroxylation is 1. The summed E-state index contributed by atoms with van der Waals surface area (Å²) in [5, 5.41) is 0. The third-order valence-electron chi connectivity index (χ3n) is 4.91. The van der Waals surface area contributed by atoms with Crippen LogP contribution in [0.15, 0.2) is 18.5 Å². The fourth-order valence-electron chi connectivity index (χ4n) is 3.65. The van der Waals surface area contributed by atoms with Crippen molar-refractivity contribution in [3.05, 3.63) is 35.4 Å². The van der Waals surface area contributed by atoms with Crippen molar-refractivity contribution in [3.63, 3.8) is 0 Å². The number of hydrogen-bond donors (Lipinski definition) is 0. The van der Waals surface area contributed by atoms with E-state index in [-0.39, 0.29) is 5.78 Å². The molecule has 130 valence electrons. The van der Waals surface area contributed by atoms with Crippen molar-refractivity contribution in [1.29, 1.82) is 0 Å². The van der Waals surface area contributed by atoms with Crippen LogP contribution >= 0.6 is 0 Å². The number of carbonyl (C=O) groups is 1. The number of anilines is 2. The fourth-order valence-corrected chi connectivity index (χ4v) is 3.65. The summed E-state index contributed by atoms with van der Waals surface area (Å²) in [6, 6.07) is 1.83. The van der Waals surface area contributed by atoms with Crippen LogP contribution in [0, 0.1) is 12.8 Å². The number of piperazine rings is 1. The van der Waals surface area contributed by atoms with E-state index < -0.39 is 0 Å². The van der Waals surface area contributed by atoms with Crippen molar-refractivity contribution in [3.8, 4) is 0 Å². The van der Waals surface area contributed by atoms with Crippen molar-refractivity contribution >= 4 is 17.7 Å². The fraction of sp³-hybridized carbons (Fsp3) is 0.500. The highest BCUT2D eigenvalue weighted by Gasteiger charge is 2.28. The van der Waals surface area contributed by atoms with E-state index in [2.05, 4.69) is 31.7 Å². The van der Waals surface area contributed by atoms with Crippen LogP contribution in [0.2, 0.25) is 0 Å². The van der Waals surface area contributed by atoms with Crippen molar-refractivity contribution in [1.82, 2.24) is 19.9 Å². The number of Topliss-reactive ketones (excluding diaryl/α,β-unsaturated/α-hetero) is 1. The smallest absolute Gasteiger partial charge is 0.225 e. The molecule has 7 heteroatoms. The molecule has 1 fully saturated rings. The number of ketones is 1. The van der Waals surface area contributed by atoms with Gasteiger partial charge in [0.25, 0.3) is 0 Å². The molecule has 3 heterocycles. The summed E-state index contributed by atoms with van der Waals surface area (Å²) < 4.78 is 0. The second-order valence-electron chi connectivity index (χ2n) is 6.89. The van der Waals surface area contributed by atoms with Crippen molar-refractivity contribution in [2.24, 2.45) is 5.92 Å². The Bertz CT molecular complexity index is 786. The molecule has 1 saturated heterocycles. The van der Waals surface area contributed by atoms with Crippen LogP contribution in [-0.2, 0) is 6.42 Å². The summed E-state index contributed by atoms with van der Waals surface area (Å²) in [6.07, 6.45) is 4.99. The van der Waals surface area contributed by atoms with Gasteiger partial charge >= 0.3 is 0 Å². The first-order valence-electron chi connectivity index (χ1n) is 8.79. The second kappa shape index (κ2) is 6.38. The Morgan fingerprint density at radius 1 is 0.960 bits per heavy atom. The molecule has 0 aromatic carbocycles. The van der Waals surface area contributed by atoms with Gasteiger partial charge in [-0.3, -0.25) is 4.79 Å². The van der Waals surface area contributed by atoms with Gasteiger partial charge in [0.05, 0.1) is 17.0 Å². The lowest BCUT2D eigenvalue weighted by atomic mass is 9.86. The minimum Gasteiger partial charge on any atom is -0.337 e. The standard InChI is InChI=1S/C18H22N6O/c1-12-10-14-16(15(25)11-12)13(2)21-18(22-14)24-8-6-23(7-9-24)17-19-4-3-5-20-17/h3-5,12H,6-11H2,1-2H3/t12-/m1/s1. The van der Waals surface area contributed by atoms with E-state index in [9.17, 15) is 4.79 Å². The molecule has 0 saturated carbocycles. The molecule has 0 unspecified atom stereocenters. The van der Waals surface area contributed by atoms with Crippen molar-refractivity contribution < 1.29 is 4.79 Å². The molecular formula is C18H22N6O. The molecule has 0 radical (unpaired) electrons. The molecule has 0 N–H and O–H groups in total. The van der Waals surface area contributed by atoms with Gasteiger partial charge in [0.1, 0.15) is 0 Å². The van der Waals surface area contributed by atoms with E-state index in [0.717, 1.165) is 61.4 Å². The quantitative estimate of drug-likeness (QED) is 0.824. The topological polar surface area (TPSA) is 75.1 Å². The van der Waals surface area contributed by atoms with Crippen molar-refractivity contribution in [2.75, 3.05) is 36.0 Å². The van der Waals surface area contributed by atoms with Gasteiger partial charge in [0, 0.05) is 45.0 Å². The van der Waals surface area contributed by atoms with E-state index in [4.69, 9.17) is 4.98 Å². The number of hydrogen-bond acceptors (Lipinski definition) is 7. The van der Waals surface area contributed by atoms with E-state index in [1.807, 2.05) is 13.0 Å². The monoisotopic (exact) mass is 338 g/mol. The summed E-state index contributed by atoms with van der Waals surface area (Å²) in [5.74, 6) is 2.05. The molecule has 1 atom stereocenters. The summed E-state index contributed by atoms with van der Waals surface area (Å²) >= 11 is 0. The molecule has 0 spiro atoms. The summed E-state index contributed by atoms with van der Waals surface area (Å²) in [4.78, 5) is 34.7. The first-order chi connectivity index (χ1) is 12.1. The maximum absolute atomic E-state index is 12.3. The zero-order valence-corrected chi connectivity index (χ0v) is 14.6. The molecule has 2 aromatic heterocycles. The molecule has 25 heavy (non-hydrogen) atoms. The van der Waals surface area contributed by atoms with E-state index in [0.29, 0.717) is 12.3 Å². The van der Waals surface area contributed by atoms with Gasteiger partial charge in [-0.2, -0.15) is 0 Å². The van der Waals surface area contributed by atoms with Gasteiger partial charge in [0.2, 0.25) is 11.9 Å². The SMILES string of the molecule is Cc1nc(N2CCN(c3ncccn3)CC2)nc2c1C(=O)C[C@H](C)C2. The Morgan fingerprint density at radius 2 is 1.60 bits per heavy atom. The highest BCUT2D eigenvalue weighted by Crippen LogP contribution is 2.27. The van der Waals surface area contributed by atoms with Gasteiger partial charge in [-0.1, -0.05) is 6.92 Å². The third kappa shape index (κ3) is 3.06. The highest BCUT2D eigenvalue weighted by atomic mass is 16.1. The number of fused-ring (bicyclic) bond motifs is 1. The number of nitrogens with zero attached hydrogens (tertiary/aromatic N) is 6. The normalized spacial score (nSPS) is 20.6. The molecule has 7 nitrogen and oxygen atoms in total. The zero-order chi connectivity index (χ0) is 17.4. The summed E-state index contributed by atoms with van der Waals surface area (Å²) in [6.45, 7) is 7.33.